The van der Waals surface area contributed by atoms with Crippen molar-refractivity contribution in [2.24, 2.45) is 0 Å². The van der Waals surface area contributed by atoms with Gasteiger partial charge in [-0.15, -0.1) is 0 Å². The quantitative estimate of drug-likeness (QED) is 0.467. The fourth-order valence-corrected chi connectivity index (χ4v) is 3.33. The van der Waals surface area contributed by atoms with Crippen molar-refractivity contribution in [1.29, 1.82) is 0 Å². The van der Waals surface area contributed by atoms with Crippen LogP contribution in [0.2, 0.25) is 0 Å². The third-order valence-corrected chi connectivity index (χ3v) is 4.84. The standard InChI is InChI=1S/C23H22FN5O2/c1-15-7-8-18(17(24)13-15)27-21(30)9-10-26-23-22(16-5-3-4-6-19(16)31-2)28-20-14-25-11-12-29(20)23/h3-8,11-14,26H,9-10H2,1-2H3,(H,27,30). The molecule has 0 aliphatic rings. The summed E-state index contributed by atoms with van der Waals surface area (Å²) in [6.45, 7) is 2.13. The zero-order valence-electron chi connectivity index (χ0n) is 17.2. The van der Waals surface area contributed by atoms with E-state index in [0.717, 1.165) is 16.9 Å². The first-order chi connectivity index (χ1) is 15.1. The van der Waals surface area contributed by atoms with Gasteiger partial charge in [0.15, 0.2) is 5.65 Å². The normalized spacial score (nSPS) is 10.8. The molecule has 0 aliphatic carbocycles. The summed E-state index contributed by atoms with van der Waals surface area (Å²) in [7, 11) is 1.61. The number of carbonyl (C=O) groups excluding carboxylic acids is 1. The van der Waals surface area contributed by atoms with Gasteiger partial charge in [-0.2, -0.15) is 0 Å². The molecule has 2 N–H and O–H groups in total. The Bertz CT molecular complexity index is 1240. The molecule has 0 spiro atoms. The first kappa shape index (κ1) is 20.3. The number of anilines is 2. The first-order valence-corrected chi connectivity index (χ1v) is 9.82. The van der Waals surface area contributed by atoms with Crippen LogP contribution in [-0.4, -0.2) is 33.9 Å². The van der Waals surface area contributed by atoms with E-state index in [-0.39, 0.29) is 18.0 Å². The van der Waals surface area contributed by atoms with Gasteiger partial charge >= 0.3 is 0 Å². The zero-order chi connectivity index (χ0) is 21.8. The van der Waals surface area contributed by atoms with Crippen molar-refractivity contribution >= 4 is 23.1 Å². The number of aromatic nitrogens is 3. The average Bonchev–Trinajstić information content (AvgIpc) is 3.14. The van der Waals surface area contributed by atoms with Crippen molar-refractivity contribution in [3.05, 3.63) is 72.4 Å². The van der Waals surface area contributed by atoms with Crippen LogP contribution in [0.5, 0.6) is 5.75 Å². The number of nitrogens with zero attached hydrogens (tertiary/aromatic N) is 3. The Morgan fingerprint density at radius 1 is 1.23 bits per heavy atom. The molecule has 2 aromatic heterocycles. The van der Waals surface area contributed by atoms with Crippen LogP contribution in [0.3, 0.4) is 0 Å². The van der Waals surface area contributed by atoms with Crippen LogP contribution in [0.15, 0.2) is 61.1 Å². The van der Waals surface area contributed by atoms with Crippen LogP contribution in [0.4, 0.5) is 15.9 Å². The van der Waals surface area contributed by atoms with Crippen LogP contribution in [0.1, 0.15) is 12.0 Å². The van der Waals surface area contributed by atoms with Crippen molar-refractivity contribution in [2.45, 2.75) is 13.3 Å². The highest BCUT2D eigenvalue weighted by Gasteiger charge is 2.17. The van der Waals surface area contributed by atoms with Crippen molar-refractivity contribution < 1.29 is 13.9 Å². The van der Waals surface area contributed by atoms with Crippen LogP contribution < -0.4 is 15.4 Å². The SMILES string of the molecule is COc1ccccc1-c1nc2cnccn2c1NCCC(=O)Nc1ccc(C)cc1F. The molecule has 0 fully saturated rings. The predicted molar refractivity (Wildman–Crippen MR) is 118 cm³/mol. The molecule has 0 radical (unpaired) electrons. The number of imidazole rings is 1. The van der Waals surface area contributed by atoms with E-state index in [9.17, 15) is 9.18 Å². The second-order valence-corrected chi connectivity index (χ2v) is 7.02. The van der Waals surface area contributed by atoms with Crippen LogP contribution in [-0.2, 0) is 4.79 Å². The number of hydrogen-bond donors (Lipinski definition) is 2. The largest absolute Gasteiger partial charge is 0.496 e. The lowest BCUT2D eigenvalue weighted by Crippen LogP contribution is -2.17. The van der Waals surface area contributed by atoms with Gasteiger partial charge < -0.3 is 15.4 Å². The molecule has 0 bridgehead atoms. The predicted octanol–water partition coefficient (Wildman–Crippen LogP) is 4.29. The van der Waals surface area contributed by atoms with E-state index >= 15 is 0 Å². The van der Waals surface area contributed by atoms with E-state index in [1.54, 1.807) is 44.8 Å². The maximum atomic E-state index is 14.0. The Kier molecular flexibility index (Phi) is 5.79. The van der Waals surface area contributed by atoms with E-state index in [0.29, 0.717) is 23.6 Å². The van der Waals surface area contributed by atoms with Crippen molar-refractivity contribution in [1.82, 2.24) is 14.4 Å². The van der Waals surface area contributed by atoms with Crippen molar-refractivity contribution in [2.75, 3.05) is 24.3 Å². The molecule has 7 nitrogen and oxygen atoms in total. The molecule has 1 amide bonds. The monoisotopic (exact) mass is 419 g/mol. The zero-order valence-corrected chi connectivity index (χ0v) is 17.2. The number of aryl methyl sites for hydroxylation is 1. The Labute approximate surface area is 178 Å². The maximum Gasteiger partial charge on any atom is 0.226 e. The number of nitrogens with one attached hydrogen (secondary N) is 2. The van der Waals surface area contributed by atoms with Gasteiger partial charge in [-0.1, -0.05) is 18.2 Å². The van der Waals surface area contributed by atoms with E-state index < -0.39 is 5.82 Å². The number of halogens is 1. The number of ether oxygens (including phenoxy) is 1. The lowest BCUT2D eigenvalue weighted by molar-refractivity contribution is -0.116. The Balaban J connectivity index is 1.53. The number of carbonyl (C=O) groups is 1. The molecule has 158 valence electrons. The lowest BCUT2D eigenvalue weighted by Gasteiger charge is -2.11. The summed E-state index contributed by atoms with van der Waals surface area (Å²) in [5, 5.41) is 5.90. The molecule has 31 heavy (non-hydrogen) atoms. The van der Waals surface area contributed by atoms with Gasteiger partial charge in [0.1, 0.15) is 23.1 Å². The summed E-state index contributed by atoms with van der Waals surface area (Å²) in [6, 6.07) is 12.3. The van der Waals surface area contributed by atoms with E-state index in [4.69, 9.17) is 4.74 Å². The first-order valence-electron chi connectivity index (χ1n) is 9.82. The van der Waals surface area contributed by atoms with E-state index in [2.05, 4.69) is 20.6 Å². The highest BCUT2D eigenvalue weighted by molar-refractivity contribution is 5.91. The second kappa shape index (κ2) is 8.83. The van der Waals surface area contributed by atoms with Gasteiger partial charge in [0.2, 0.25) is 5.91 Å². The number of fused-ring (bicyclic) bond motifs is 1. The number of rotatable bonds is 7. The molecule has 4 rings (SSSR count). The number of methoxy groups -OCH3 is 1. The third-order valence-electron chi connectivity index (χ3n) is 4.84. The molecule has 8 heteroatoms. The number of benzene rings is 2. The number of hydrogen-bond acceptors (Lipinski definition) is 5. The maximum absolute atomic E-state index is 14.0. The molecule has 2 heterocycles. The molecule has 4 aromatic rings. The highest BCUT2D eigenvalue weighted by atomic mass is 19.1. The summed E-state index contributed by atoms with van der Waals surface area (Å²) in [5.41, 5.74) is 3.14. The topological polar surface area (TPSA) is 80.6 Å². The lowest BCUT2D eigenvalue weighted by atomic mass is 10.1. The number of amides is 1. The van der Waals surface area contributed by atoms with Crippen LogP contribution in [0.25, 0.3) is 16.9 Å². The second-order valence-electron chi connectivity index (χ2n) is 7.02. The highest BCUT2D eigenvalue weighted by Crippen LogP contribution is 2.34. The number of para-hydroxylation sites is 1. The minimum Gasteiger partial charge on any atom is -0.496 e. The van der Waals surface area contributed by atoms with Gasteiger partial charge in [0.05, 0.1) is 19.0 Å². The molecular weight excluding hydrogens is 397 g/mol. The fourth-order valence-electron chi connectivity index (χ4n) is 3.33. The molecule has 2 aromatic carbocycles. The Hall–Kier alpha value is -3.94. The van der Waals surface area contributed by atoms with Gasteiger partial charge in [-0.25, -0.2) is 9.37 Å². The molecule has 0 atom stereocenters. The average molecular weight is 419 g/mol. The van der Waals surface area contributed by atoms with Gasteiger partial charge in [0, 0.05) is 30.9 Å². The molecule has 0 saturated heterocycles. The van der Waals surface area contributed by atoms with Crippen molar-refractivity contribution in [3.8, 4) is 17.0 Å². The van der Waals surface area contributed by atoms with E-state index in [1.165, 1.54) is 6.07 Å². The molecule has 0 aliphatic heterocycles. The molecular formula is C23H22FN5O2. The van der Waals surface area contributed by atoms with Gasteiger partial charge in [-0.05, 0) is 36.8 Å². The Morgan fingerprint density at radius 3 is 2.87 bits per heavy atom. The van der Waals surface area contributed by atoms with Crippen LogP contribution >= 0.6 is 0 Å². The summed E-state index contributed by atoms with van der Waals surface area (Å²) in [5.74, 6) is 0.671. The smallest absolute Gasteiger partial charge is 0.226 e. The summed E-state index contributed by atoms with van der Waals surface area (Å²) in [6.07, 6.45) is 5.28. The summed E-state index contributed by atoms with van der Waals surface area (Å²) >= 11 is 0. The summed E-state index contributed by atoms with van der Waals surface area (Å²) < 4.78 is 21.3. The third kappa shape index (κ3) is 4.32. The fraction of sp³-hybridized carbons (Fsp3) is 0.174. The van der Waals surface area contributed by atoms with Crippen molar-refractivity contribution in [3.63, 3.8) is 0 Å². The summed E-state index contributed by atoms with van der Waals surface area (Å²) in [4.78, 5) is 21.1. The molecule has 0 saturated carbocycles. The van der Waals surface area contributed by atoms with Gasteiger partial charge in [0.25, 0.3) is 0 Å². The molecule has 0 unspecified atom stereocenters. The van der Waals surface area contributed by atoms with E-state index in [1.807, 2.05) is 28.7 Å². The Morgan fingerprint density at radius 2 is 2.06 bits per heavy atom. The van der Waals surface area contributed by atoms with Crippen LogP contribution in [0, 0.1) is 12.7 Å². The van der Waals surface area contributed by atoms with Gasteiger partial charge in [-0.3, -0.25) is 14.2 Å². The minimum absolute atomic E-state index is 0.150. The minimum atomic E-state index is -0.450.